The first kappa shape index (κ1) is 11.3. The highest BCUT2D eigenvalue weighted by Crippen LogP contribution is 2.31. The van der Waals surface area contributed by atoms with E-state index in [1.165, 1.54) is 0 Å². The lowest BCUT2D eigenvalue weighted by molar-refractivity contribution is 0.0638. The number of aromatic nitrogens is 1. The van der Waals surface area contributed by atoms with Gasteiger partial charge in [-0.25, -0.2) is 0 Å². The topological polar surface area (TPSA) is 65.1 Å². The number of hydrogen-bond donors (Lipinski definition) is 3. The van der Waals surface area contributed by atoms with E-state index < -0.39 is 5.54 Å². The third kappa shape index (κ3) is 1.78. The highest BCUT2D eigenvalue weighted by atomic mass is 16.3. The first-order valence-electron chi connectivity index (χ1n) is 6.24. The first-order chi connectivity index (χ1) is 8.72. The standard InChI is InChI=1S/C14H16N2O2/c17-9-14(6-3-7-14)16-13(18)12-8-10-4-1-2-5-11(10)15-12/h1-2,4-5,8,15,17H,3,6-7,9H2,(H,16,18). The van der Waals surface area contributed by atoms with Crippen LogP contribution < -0.4 is 5.32 Å². The number of fused-ring (bicyclic) bond motifs is 1. The number of aromatic amines is 1. The van der Waals surface area contributed by atoms with Crippen LogP contribution in [-0.2, 0) is 0 Å². The van der Waals surface area contributed by atoms with Crippen LogP contribution in [0.5, 0.6) is 0 Å². The Kier molecular flexibility index (Phi) is 2.59. The molecule has 4 nitrogen and oxygen atoms in total. The summed E-state index contributed by atoms with van der Waals surface area (Å²) in [5.74, 6) is -0.139. The van der Waals surface area contributed by atoms with Gasteiger partial charge in [0, 0.05) is 10.9 Å². The van der Waals surface area contributed by atoms with E-state index in [-0.39, 0.29) is 12.5 Å². The summed E-state index contributed by atoms with van der Waals surface area (Å²) in [6, 6.07) is 9.63. The molecule has 3 N–H and O–H groups in total. The average Bonchev–Trinajstić information content (AvgIpc) is 2.77. The maximum atomic E-state index is 12.1. The molecular formula is C14H16N2O2. The zero-order valence-corrected chi connectivity index (χ0v) is 10.1. The second-order valence-corrected chi connectivity index (χ2v) is 5.02. The molecule has 0 spiro atoms. The highest BCUT2D eigenvalue weighted by molar-refractivity contribution is 5.98. The molecule has 94 valence electrons. The molecule has 1 heterocycles. The van der Waals surface area contributed by atoms with Crippen molar-refractivity contribution in [3.8, 4) is 0 Å². The molecule has 0 saturated heterocycles. The predicted octanol–water partition coefficient (Wildman–Crippen LogP) is 1.81. The van der Waals surface area contributed by atoms with Gasteiger partial charge >= 0.3 is 0 Å². The van der Waals surface area contributed by atoms with Crippen molar-refractivity contribution < 1.29 is 9.90 Å². The number of para-hydroxylation sites is 1. The van der Waals surface area contributed by atoms with Crippen LogP contribution in [0.2, 0.25) is 0 Å². The first-order valence-corrected chi connectivity index (χ1v) is 6.24. The molecule has 2 aromatic rings. The Morgan fingerprint density at radius 3 is 2.78 bits per heavy atom. The summed E-state index contributed by atoms with van der Waals surface area (Å²) in [5, 5.41) is 13.3. The van der Waals surface area contributed by atoms with Gasteiger partial charge < -0.3 is 15.4 Å². The zero-order valence-electron chi connectivity index (χ0n) is 10.1. The van der Waals surface area contributed by atoms with Crippen LogP contribution in [0, 0.1) is 0 Å². The normalized spacial score (nSPS) is 17.4. The summed E-state index contributed by atoms with van der Waals surface area (Å²) in [6.45, 7) is 0.0129. The van der Waals surface area contributed by atoms with Crippen LogP contribution in [-0.4, -0.2) is 28.1 Å². The molecule has 0 bridgehead atoms. The van der Waals surface area contributed by atoms with E-state index >= 15 is 0 Å². The van der Waals surface area contributed by atoms with Crippen molar-refractivity contribution in [3.63, 3.8) is 0 Å². The Balaban J connectivity index is 1.83. The summed E-state index contributed by atoms with van der Waals surface area (Å²) >= 11 is 0. The molecule has 1 saturated carbocycles. The monoisotopic (exact) mass is 244 g/mol. The van der Waals surface area contributed by atoms with Crippen LogP contribution in [0.1, 0.15) is 29.8 Å². The molecule has 1 aromatic heterocycles. The smallest absolute Gasteiger partial charge is 0.268 e. The maximum absolute atomic E-state index is 12.1. The van der Waals surface area contributed by atoms with Crippen molar-refractivity contribution in [1.82, 2.24) is 10.3 Å². The predicted molar refractivity (Wildman–Crippen MR) is 69.4 cm³/mol. The van der Waals surface area contributed by atoms with Gasteiger partial charge in [-0.1, -0.05) is 18.2 Å². The lowest BCUT2D eigenvalue weighted by atomic mass is 9.77. The van der Waals surface area contributed by atoms with Crippen molar-refractivity contribution in [2.45, 2.75) is 24.8 Å². The van der Waals surface area contributed by atoms with Crippen LogP contribution in [0.4, 0.5) is 0 Å². The molecule has 1 aliphatic rings. The Morgan fingerprint density at radius 2 is 2.17 bits per heavy atom. The number of aliphatic hydroxyl groups excluding tert-OH is 1. The van der Waals surface area contributed by atoms with Crippen LogP contribution >= 0.6 is 0 Å². The zero-order chi connectivity index (χ0) is 12.6. The SMILES string of the molecule is O=C(NC1(CO)CCC1)c1cc2ccccc2[nH]1. The lowest BCUT2D eigenvalue weighted by Gasteiger charge is -2.40. The third-order valence-corrected chi connectivity index (χ3v) is 3.77. The van der Waals surface area contributed by atoms with Gasteiger partial charge in [0.1, 0.15) is 5.69 Å². The molecule has 1 amide bonds. The van der Waals surface area contributed by atoms with Crippen LogP contribution in [0.25, 0.3) is 10.9 Å². The molecule has 3 rings (SSSR count). The molecule has 0 aliphatic heterocycles. The van der Waals surface area contributed by atoms with E-state index in [1.807, 2.05) is 30.3 Å². The molecule has 1 aliphatic carbocycles. The number of benzene rings is 1. The number of nitrogens with one attached hydrogen (secondary N) is 2. The van der Waals surface area contributed by atoms with E-state index in [9.17, 15) is 9.90 Å². The number of hydrogen-bond acceptors (Lipinski definition) is 2. The largest absolute Gasteiger partial charge is 0.394 e. The quantitative estimate of drug-likeness (QED) is 0.771. The van der Waals surface area contributed by atoms with Crippen molar-refractivity contribution in [3.05, 3.63) is 36.0 Å². The molecule has 18 heavy (non-hydrogen) atoms. The minimum Gasteiger partial charge on any atom is -0.394 e. The lowest BCUT2D eigenvalue weighted by Crippen LogP contribution is -2.56. The minimum absolute atomic E-state index is 0.0129. The van der Waals surface area contributed by atoms with Gasteiger partial charge in [0.15, 0.2) is 0 Å². The summed E-state index contributed by atoms with van der Waals surface area (Å²) in [7, 11) is 0. The minimum atomic E-state index is -0.394. The number of carbonyl (C=O) groups is 1. The summed E-state index contributed by atoms with van der Waals surface area (Å²) in [4.78, 5) is 15.2. The average molecular weight is 244 g/mol. The van der Waals surface area contributed by atoms with E-state index in [0.29, 0.717) is 5.69 Å². The molecular weight excluding hydrogens is 228 g/mol. The fourth-order valence-electron chi connectivity index (χ4n) is 2.43. The van der Waals surface area contributed by atoms with Crippen molar-refractivity contribution in [2.75, 3.05) is 6.61 Å². The van der Waals surface area contributed by atoms with E-state index in [2.05, 4.69) is 10.3 Å². The fourth-order valence-corrected chi connectivity index (χ4v) is 2.43. The van der Waals surface area contributed by atoms with Crippen molar-refractivity contribution >= 4 is 16.8 Å². The number of amides is 1. The van der Waals surface area contributed by atoms with E-state index in [1.54, 1.807) is 0 Å². The molecule has 0 atom stereocenters. The number of H-pyrrole nitrogens is 1. The number of carbonyl (C=O) groups excluding carboxylic acids is 1. The molecule has 0 unspecified atom stereocenters. The fraction of sp³-hybridized carbons (Fsp3) is 0.357. The van der Waals surface area contributed by atoms with Crippen molar-refractivity contribution in [1.29, 1.82) is 0 Å². The molecule has 4 heteroatoms. The van der Waals surface area contributed by atoms with Gasteiger partial charge in [0.05, 0.1) is 12.1 Å². The maximum Gasteiger partial charge on any atom is 0.268 e. The number of aliphatic hydroxyl groups is 1. The summed E-state index contributed by atoms with van der Waals surface area (Å²) in [5.41, 5.74) is 1.11. The summed E-state index contributed by atoms with van der Waals surface area (Å²) < 4.78 is 0. The number of rotatable bonds is 3. The second-order valence-electron chi connectivity index (χ2n) is 5.02. The third-order valence-electron chi connectivity index (χ3n) is 3.77. The van der Waals surface area contributed by atoms with Gasteiger partial charge in [-0.15, -0.1) is 0 Å². The second kappa shape index (κ2) is 4.14. The van der Waals surface area contributed by atoms with Gasteiger partial charge in [-0.2, -0.15) is 0 Å². The summed E-state index contributed by atoms with van der Waals surface area (Å²) in [6.07, 6.45) is 2.78. The Bertz CT molecular complexity index is 546. The van der Waals surface area contributed by atoms with Gasteiger partial charge in [0.25, 0.3) is 5.91 Å². The van der Waals surface area contributed by atoms with Gasteiger partial charge in [0.2, 0.25) is 0 Å². The molecule has 1 aromatic carbocycles. The van der Waals surface area contributed by atoms with E-state index in [0.717, 1.165) is 30.2 Å². The Hall–Kier alpha value is -1.81. The molecule has 0 radical (unpaired) electrons. The Morgan fingerprint density at radius 1 is 1.39 bits per heavy atom. The van der Waals surface area contributed by atoms with Crippen LogP contribution in [0.15, 0.2) is 30.3 Å². The van der Waals surface area contributed by atoms with Gasteiger partial charge in [-0.05, 0) is 31.4 Å². The van der Waals surface area contributed by atoms with Crippen molar-refractivity contribution in [2.24, 2.45) is 0 Å². The van der Waals surface area contributed by atoms with Gasteiger partial charge in [-0.3, -0.25) is 4.79 Å². The molecule has 1 fully saturated rings. The van der Waals surface area contributed by atoms with Crippen LogP contribution in [0.3, 0.4) is 0 Å². The highest BCUT2D eigenvalue weighted by Gasteiger charge is 2.38. The Labute approximate surface area is 105 Å². The van der Waals surface area contributed by atoms with E-state index in [4.69, 9.17) is 0 Å².